The summed E-state index contributed by atoms with van der Waals surface area (Å²) in [6, 6.07) is 1.43. The molecule has 0 aliphatic carbocycles. The number of ether oxygens (including phenoxy) is 1. The van der Waals surface area contributed by atoms with E-state index in [0.717, 1.165) is 15.6 Å². The van der Waals surface area contributed by atoms with Gasteiger partial charge in [0.2, 0.25) is 5.91 Å². The molecule has 2 aromatic rings. The van der Waals surface area contributed by atoms with Gasteiger partial charge in [-0.15, -0.1) is 11.3 Å². The molecule has 0 bridgehead atoms. The minimum absolute atomic E-state index is 0.0524. The number of carbonyl (C=O) groups is 1. The van der Waals surface area contributed by atoms with Gasteiger partial charge in [0, 0.05) is 17.5 Å². The highest BCUT2D eigenvalue weighted by Gasteiger charge is 2.27. The van der Waals surface area contributed by atoms with Gasteiger partial charge in [0.25, 0.3) is 5.56 Å². The molecule has 1 saturated heterocycles. The maximum Gasteiger partial charge on any atom is 0.251 e. The molecule has 0 aromatic carbocycles. The Morgan fingerprint density at radius 2 is 2.21 bits per heavy atom. The Kier molecular flexibility index (Phi) is 4.77. The predicted molar refractivity (Wildman–Crippen MR) is 90.2 cm³/mol. The van der Waals surface area contributed by atoms with E-state index in [1.807, 2.05) is 13.8 Å². The summed E-state index contributed by atoms with van der Waals surface area (Å²) < 4.78 is 5.71. The van der Waals surface area contributed by atoms with E-state index in [1.165, 1.54) is 6.07 Å². The first-order valence-corrected chi connectivity index (χ1v) is 8.64. The second-order valence-corrected chi connectivity index (χ2v) is 7.16. The molecule has 3 heterocycles. The number of aryl methyl sites for hydroxylation is 3. The van der Waals surface area contributed by atoms with Crippen LogP contribution in [0, 0.1) is 20.8 Å². The zero-order chi connectivity index (χ0) is 17.3. The summed E-state index contributed by atoms with van der Waals surface area (Å²) in [5.41, 5.74) is 1.28. The molecule has 7 nitrogen and oxygen atoms in total. The third-order valence-corrected chi connectivity index (χ3v) is 5.01. The average molecular weight is 348 g/mol. The first kappa shape index (κ1) is 16.8. The fraction of sp³-hybridized carbons (Fsp3) is 0.500. The Morgan fingerprint density at radius 1 is 1.42 bits per heavy atom. The van der Waals surface area contributed by atoms with Gasteiger partial charge in [-0.1, -0.05) is 0 Å². The molecule has 1 N–H and O–H groups in total. The number of morpholine rings is 1. The highest BCUT2D eigenvalue weighted by Crippen LogP contribution is 2.22. The van der Waals surface area contributed by atoms with Gasteiger partial charge in [-0.3, -0.25) is 9.59 Å². The van der Waals surface area contributed by atoms with Gasteiger partial charge in [0.05, 0.1) is 36.0 Å². The van der Waals surface area contributed by atoms with Gasteiger partial charge >= 0.3 is 0 Å². The third kappa shape index (κ3) is 3.70. The standard InChI is InChI=1S/C16H20N4O3S/c1-9-14(24-11(3)17-9)7-16(22)20-4-5-23-13(8-20)12-6-15(21)19-10(2)18-12/h6,13H,4-5,7-8H2,1-3H3,(H,18,19,21)/t13-/m0/s1. The molecule has 0 spiro atoms. The number of nitrogens with zero attached hydrogens (tertiary/aromatic N) is 3. The summed E-state index contributed by atoms with van der Waals surface area (Å²) >= 11 is 1.56. The molecule has 128 valence electrons. The molecule has 0 unspecified atom stereocenters. The number of carbonyl (C=O) groups excluding carboxylic acids is 1. The van der Waals surface area contributed by atoms with Crippen molar-refractivity contribution in [3.8, 4) is 0 Å². The van der Waals surface area contributed by atoms with Gasteiger partial charge in [0.1, 0.15) is 11.9 Å². The number of rotatable bonds is 3. The largest absolute Gasteiger partial charge is 0.368 e. The van der Waals surface area contributed by atoms with E-state index in [1.54, 1.807) is 23.2 Å². The number of H-pyrrole nitrogens is 1. The van der Waals surface area contributed by atoms with E-state index in [9.17, 15) is 9.59 Å². The van der Waals surface area contributed by atoms with Crippen LogP contribution in [0.4, 0.5) is 0 Å². The number of thiazole rings is 1. The Labute approximate surface area is 143 Å². The van der Waals surface area contributed by atoms with E-state index in [0.29, 0.717) is 37.6 Å². The first-order chi connectivity index (χ1) is 11.4. The number of hydrogen-bond donors (Lipinski definition) is 1. The van der Waals surface area contributed by atoms with Crippen LogP contribution in [-0.4, -0.2) is 45.5 Å². The summed E-state index contributed by atoms with van der Waals surface area (Å²) in [6.07, 6.45) is -0.0145. The van der Waals surface area contributed by atoms with E-state index in [4.69, 9.17) is 4.74 Å². The van der Waals surface area contributed by atoms with Crippen molar-refractivity contribution < 1.29 is 9.53 Å². The van der Waals surface area contributed by atoms with Crippen molar-refractivity contribution >= 4 is 17.2 Å². The quantitative estimate of drug-likeness (QED) is 0.903. The number of nitrogens with one attached hydrogen (secondary N) is 1. The highest BCUT2D eigenvalue weighted by molar-refractivity contribution is 7.11. The van der Waals surface area contributed by atoms with Crippen LogP contribution in [0.1, 0.15) is 33.2 Å². The molecular formula is C16H20N4O3S. The summed E-state index contributed by atoms with van der Waals surface area (Å²) in [4.78, 5) is 38.3. The average Bonchev–Trinajstić information content (AvgIpc) is 2.84. The van der Waals surface area contributed by atoms with Gasteiger partial charge < -0.3 is 14.6 Å². The summed E-state index contributed by atoms with van der Waals surface area (Å²) in [5.74, 6) is 0.594. The second kappa shape index (κ2) is 6.82. The number of aromatic amines is 1. The van der Waals surface area contributed by atoms with Gasteiger partial charge in [-0.25, -0.2) is 9.97 Å². The molecule has 3 rings (SSSR count). The van der Waals surface area contributed by atoms with E-state index < -0.39 is 0 Å². The Morgan fingerprint density at radius 3 is 2.88 bits per heavy atom. The van der Waals surface area contributed by atoms with Crippen molar-refractivity contribution in [2.75, 3.05) is 19.7 Å². The van der Waals surface area contributed by atoms with E-state index in [-0.39, 0.29) is 17.6 Å². The van der Waals surface area contributed by atoms with Gasteiger partial charge in [0.15, 0.2) is 0 Å². The predicted octanol–water partition coefficient (Wildman–Crippen LogP) is 1.29. The Hall–Kier alpha value is -2.06. The Balaban J connectivity index is 1.72. The lowest BCUT2D eigenvalue weighted by Gasteiger charge is -2.32. The van der Waals surface area contributed by atoms with E-state index in [2.05, 4.69) is 15.0 Å². The van der Waals surface area contributed by atoms with Crippen LogP contribution in [0.5, 0.6) is 0 Å². The molecule has 8 heteroatoms. The Bertz CT molecular complexity index is 814. The van der Waals surface area contributed by atoms with Gasteiger partial charge in [-0.2, -0.15) is 0 Å². The van der Waals surface area contributed by atoms with E-state index >= 15 is 0 Å². The SMILES string of the molecule is Cc1nc([C@@H]2CN(C(=O)Cc3sc(C)nc3C)CCO2)cc(=O)[nH]1. The number of amides is 1. The van der Waals surface area contributed by atoms with Crippen molar-refractivity contribution in [3.05, 3.63) is 43.5 Å². The van der Waals surface area contributed by atoms with Crippen LogP contribution in [0.25, 0.3) is 0 Å². The monoisotopic (exact) mass is 348 g/mol. The molecule has 1 amide bonds. The number of hydrogen-bond acceptors (Lipinski definition) is 6. The highest BCUT2D eigenvalue weighted by atomic mass is 32.1. The summed E-state index contributed by atoms with van der Waals surface area (Å²) in [7, 11) is 0. The molecule has 1 atom stereocenters. The molecule has 24 heavy (non-hydrogen) atoms. The van der Waals surface area contributed by atoms with Crippen molar-refractivity contribution in [1.82, 2.24) is 19.9 Å². The third-order valence-electron chi connectivity index (χ3n) is 3.94. The molecule has 1 aliphatic heterocycles. The first-order valence-electron chi connectivity index (χ1n) is 7.82. The van der Waals surface area contributed by atoms with Crippen LogP contribution < -0.4 is 5.56 Å². The van der Waals surface area contributed by atoms with Crippen LogP contribution in [0.3, 0.4) is 0 Å². The lowest BCUT2D eigenvalue weighted by Crippen LogP contribution is -2.43. The van der Waals surface area contributed by atoms with Crippen LogP contribution in [0.15, 0.2) is 10.9 Å². The molecular weight excluding hydrogens is 328 g/mol. The lowest BCUT2D eigenvalue weighted by molar-refractivity contribution is -0.138. The van der Waals surface area contributed by atoms with Crippen LogP contribution in [0.2, 0.25) is 0 Å². The lowest BCUT2D eigenvalue weighted by atomic mass is 10.1. The maximum absolute atomic E-state index is 12.6. The van der Waals surface area contributed by atoms with Gasteiger partial charge in [-0.05, 0) is 20.8 Å². The minimum Gasteiger partial charge on any atom is -0.368 e. The fourth-order valence-corrected chi connectivity index (χ4v) is 3.74. The zero-order valence-electron chi connectivity index (χ0n) is 14.0. The molecule has 0 radical (unpaired) electrons. The van der Waals surface area contributed by atoms with Crippen molar-refractivity contribution in [1.29, 1.82) is 0 Å². The smallest absolute Gasteiger partial charge is 0.251 e. The number of aromatic nitrogens is 3. The topological polar surface area (TPSA) is 88.2 Å². The molecule has 1 aliphatic rings. The van der Waals surface area contributed by atoms with Crippen molar-refractivity contribution in [2.24, 2.45) is 0 Å². The molecule has 1 fully saturated rings. The normalized spacial score (nSPS) is 18.0. The molecule has 0 saturated carbocycles. The van der Waals surface area contributed by atoms with Crippen molar-refractivity contribution in [2.45, 2.75) is 33.3 Å². The van der Waals surface area contributed by atoms with Crippen LogP contribution >= 0.6 is 11.3 Å². The maximum atomic E-state index is 12.6. The second-order valence-electron chi connectivity index (χ2n) is 5.87. The van der Waals surface area contributed by atoms with Crippen molar-refractivity contribution in [3.63, 3.8) is 0 Å². The zero-order valence-corrected chi connectivity index (χ0v) is 14.8. The molecule has 2 aromatic heterocycles. The minimum atomic E-state index is -0.368. The summed E-state index contributed by atoms with van der Waals surface area (Å²) in [5, 5.41) is 0.971. The summed E-state index contributed by atoms with van der Waals surface area (Å²) in [6.45, 7) is 6.99. The van der Waals surface area contributed by atoms with Crippen LogP contribution in [-0.2, 0) is 16.0 Å². The fourth-order valence-electron chi connectivity index (χ4n) is 2.81.